The van der Waals surface area contributed by atoms with Crippen molar-refractivity contribution in [3.8, 4) is 11.7 Å². The molecule has 3 aromatic heterocycles. The maximum absolute atomic E-state index is 14.3. The van der Waals surface area contributed by atoms with Crippen LogP contribution in [0.5, 0.6) is 5.75 Å². The lowest BCUT2D eigenvalue weighted by molar-refractivity contribution is -0.187. The molecule has 1 N–H and O–H groups in total. The largest absolute Gasteiger partial charge is 0.482 e. The number of hydrogen-bond donors (Lipinski definition) is 1. The lowest BCUT2D eigenvalue weighted by Crippen LogP contribution is -2.40. The monoisotopic (exact) mass is 526 g/mol. The molecule has 0 unspecified atom stereocenters. The number of thioether (sulfide) groups is 1. The number of halogens is 3. The van der Waals surface area contributed by atoms with Crippen molar-refractivity contribution in [1.82, 2.24) is 34.7 Å². The minimum Gasteiger partial charge on any atom is -0.425 e. The topological polar surface area (TPSA) is 113 Å². The number of imidazole rings is 1. The van der Waals surface area contributed by atoms with Crippen molar-refractivity contribution >= 4 is 34.5 Å². The Hall–Kier alpha value is -4.46. The van der Waals surface area contributed by atoms with Crippen molar-refractivity contribution in [3.63, 3.8) is 0 Å². The van der Waals surface area contributed by atoms with Crippen LogP contribution in [0.15, 0.2) is 71.9 Å². The van der Waals surface area contributed by atoms with Gasteiger partial charge in [0.15, 0.2) is 5.16 Å². The van der Waals surface area contributed by atoms with Gasteiger partial charge in [-0.3, -0.25) is 9.36 Å². The van der Waals surface area contributed by atoms with E-state index in [1.807, 2.05) is 0 Å². The van der Waals surface area contributed by atoms with Gasteiger partial charge in [-0.25, -0.2) is 19.0 Å². The third-order valence-electron chi connectivity index (χ3n) is 5.03. The van der Waals surface area contributed by atoms with Crippen LogP contribution in [-0.2, 0) is 17.6 Å². The number of alkyl halides is 2. The molecule has 0 saturated carbocycles. The SMILES string of the molecule is Cn1nnnc1-n1c(SCc2cccc(NC(=O)C(F)(F)Oc3ccccc3)n2)nc2ccc(F)cc21. The molecule has 0 bridgehead atoms. The summed E-state index contributed by atoms with van der Waals surface area (Å²) < 4.78 is 50.1. The van der Waals surface area contributed by atoms with E-state index in [4.69, 9.17) is 0 Å². The number of nitrogens with zero attached hydrogens (tertiary/aromatic N) is 7. The predicted molar refractivity (Wildman–Crippen MR) is 128 cm³/mol. The van der Waals surface area contributed by atoms with Crippen LogP contribution in [0.3, 0.4) is 0 Å². The number of fused-ring (bicyclic) bond motifs is 1. The van der Waals surface area contributed by atoms with Crippen LogP contribution in [0.1, 0.15) is 5.69 Å². The number of aryl methyl sites for hydroxylation is 1. The lowest BCUT2D eigenvalue weighted by atomic mass is 10.3. The third-order valence-corrected chi connectivity index (χ3v) is 6.01. The fourth-order valence-electron chi connectivity index (χ4n) is 3.37. The molecule has 10 nitrogen and oxygen atoms in total. The molecule has 0 fully saturated rings. The molecule has 3 heterocycles. The second kappa shape index (κ2) is 9.89. The second-order valence-corrected chi connectivity index (χ2v) is 8.60. The van der Waals surface area contributed by atoms with Crippen molar-refractivity contribution in [3.05, 3.63) is 78.2 Å². The molecule has 0 aliphatic rings. The van der Waals surface area contributed by atoms with Crippen LogP contribution in [0.2, 0.25) is 0 Å². The van der Waals surface area contributed by atoms with Crippen molar-refractivity contribution in [2.45, 2.75) is 17.0 Å². The first-order valence-electron chi connectivity index (χ1n) is 10.7. The zero-order valence-corrected chi connectivity index (χ0v) is 19.9. The number of nitrogens with one attached hydrogen (secondary N) is 1. The molecule has 0 saturated heterocycles. The van der Waals surface area contributed by atoms with Crippen LogP contribution in [0, 0.1) is 5.82 Å². The zero-order chi connectivity index (χ0) is 26.0. The average molecular weight is 527 g/mol. The Bertz CT molecular complexity index is 1580. The summed E-state index contributed by atoms with van der Waals surface area (Å²) >= 11 is 1.25. The highest BCUT2D eigenvalue weighted by Crippen LogP contribution is 2.29. The van der Waals surface area contributed by atoms with Crippen molar-refractivity contribution in [2.75, 3.05) is 5.32 Å². The minimum absolute atomic E-state index is 0.0764. The third kappa shape index (κ3) is 5.23. The first-order chi connectivity index (χ1) is 17.8. The zero-order valence-electron chi connectivity index (χ0n) is 19.0. The van der Waals surface area contributed by atoms with Gasteiger partial charge in [0.25, 0.3) is 5.95 Å². The van der Waals surface area contributed by atoms with E-state index >= 15 is 0 Å². The Labute approximate surface area is 211 Å². The van der Waals surface area contributed by atoms with Crippen LogP contribution in [-0.4, -0.2) is 46.8 Å². The number of hydrogen-bond acceptors (Lipinski definition) is 8. The number of tetrazole rings is 1. The molecular weight excluding hydrogens is 509 g/mol. The second-order valence-electron chi connectivity index (χ2n) is 7.65. The highest BCUT2D eigenvalue weighted by molar-refractivity contribution is 7.98. The standard InChI is InChI=1S/C23H17F3N8O2S/c1-33-21(30-31-32-33)34-18-12-14(24)10-11-17(18)28-22(34)37-13-15-6-5-9-19(27-15)29-20(35)23(25,26)36-16-7-3-2-4-8-16/h2-12H,13H2,1H3,(H,27,29,35). The van der Waals surface area contributed by atoms with E-state index in [1.165, 1.54) is 58.9 Å². The molecule has 0 aliphatic heterocycles. The number of ether oxygens (including phenoxy) is 1. The number of carbonyl (C=O) groups is 1. The fourth-order valence-corrected chi connectivity index (χ4v) is 4.28. The highest BCUT2D eigenvalue weighted by Gasteiger charge is 2.42. The molecule has 1 amide bonds. The van der Waals surface area contributed by atoms with Crippen molar-refractivity contribution in [2.24, 2.45) is 7.05 Å². The van der Waals surface area contributed by atoms with E-state index in [9.17, 15) is 18.0 Å². The van der Waals surface area contributed by atoms with Crippen LogP contribution < -0.4 is 10.1 Å². The number of pyridine rings is 1. The number of aromatic nitrogens is 7. The number of rotatable bonds is 8. The average Bonchev–Trinajstić information content (AvgIpc) is 3.45. The maximum atomic E-state index is 14.3. The highest BCUT2D eigenvalue weighted by atomic mass is 32.2. The van der Waals surface area contributed by atoms with Gasteiger partial charge in [-0.2, -0.15) is 8.78 Å². The van der Waals surface area contributed by atoms with Gasteiger partial charge < -0.3 is 10.1 Å². The molecule has 0 radical (unpaired) electrons. The summed E-state index contributed by atoms with van der Waals surface area (Å²) in [6.07, 6.45) is -4.11. The summed E-state index contributed by atoms with van der Waals surface area (Å²) in [6, 6.07) is 16.1. The molecule has 37 heavy (non-hydrogen) atoms. The number of amides is 1. The summed E-state index contributed by atoms with van der Waals surface area (Å²) in [7, 11) is 1.64. The molecule has 0 aliphatic carbocycles. The van der Waals surface area contributed by atoms with Gasteiger partial charge in [-0.05, 0) is 46.8 Å². The fraction of sp³-hybridized carbons (Fsp3) is 0.130. The Morgan fingerprint density at radius 2 is 1.89 bits per heavy atom. The molecule has 2 aromatic carbocycles. The quantitative estimate of drug-likeness (QED) is 0.302. The normalized spacial score (nSPS) is 11.6. The van der Waals surface area contributed by atoms with E-state index in [0.717, 1.165) is 0 Å². The Morgan fingerprint density at radius 3 is 2.65 bits per heavy atom. The Balaban J connectivity index is 1.34. The van der Waals surface area contributed by atoms with Gasteiger partial charge in [0.2, 0.25) is 0 Å². The number of para-hydroxylation sites is 1. The number of benzene rings is 2. The predicted octanol–water partition coefficient (Wildman–Crippen LogP) is 3.99. The van der Waals surface area contributed by atoms with E-state index in [2.05, 4.69) is 35.5 Å². The lowest BCUT2D eigenvalue weighted by Gasteiger charge is -2.17. The van der Waals surface area contributed by atoms with E-state index in [0.29, 0.717) is 27.8 Å². The van der Waals surface area contributed by atoms with Gasteiger partial charge in [-0.1, -0.05) is 41.1 Å². The summed E-state index contributed by atoms with van der Waals surface area (Å²) in [5.74, 6) is -1.76. The molecule has 5 aromatic rings. The van der Waals surface area contributed by atoms with Crippen LogP contribution in [0.4, 0.5) is 19.0 Å². The van der Waals surface area contributed by atoms with Gasteiger partial charge in [0, 0.05) is 18.9 Å². The minimum atomic E-state index is -4.11. The van der Waals surface area contributed by atoms with E-state index in [1.54, 1.807) is 35.9 Å². The van der Waals surface area contributed by atoms with Gasteiger partial charge in [0.1, 0.15) is 17.4 Å². The molecule has 0 atom stereocenters. The maximum Gasteiger partial charge on any atom is 0.482 e. The van der Waals surface area contributed by atoms with Crippen molar-refractivity contribution < 1.29 is 22.7 Å². The smallest absolute Gasteiger partial charge is 0.425 e. The van der Waals surface area contributed by atoms with Crippen LogP contribution >= 0.6 is 11.8 Å². The summed E-state index contributed by atoms with van der Waals surface area (Å²) in [4.78, 5) is 21.0. The first-order valence-corrected chi connectivity index (χ1v) is 11.7. The van der Waals surface area contributed by atoms with Gasteiger partial charge in [0.05, 0.1) is 16.7 Å². The van der Waals surface area contributed by atoms with E-state index < -0.39 is 17.8 Å². The number of carbonyl (C=O) groups excluding carboxylic acids is 1. The Morgan fingerprint density at radius 1 is 1.08 bits per heavy atom. The summed E-state index contributed by atoms with van der Waals surface area (Å²) in [5.41, 5.74) is 1.47. The molecular formula is C23H17F3N8O2S. The van der Waals surface area contributed by atoms with Crippen LogP contribution in [0.25, 0.3) is 17.0 Å². The molecule has 14 heteroatoms. The number of anilines is 1. The van der Waals surface area contributed by atoms with Gasteiger partial charge in [-0.15, -0.1) is 0 Å². The van der Waals surface area contributed by atoms with Crippen molar-refractivity contribution in [1.29, 1.82) is 0 Å². The summed E-state index contributed by atoms with van der Waals surface area (Å²) in [6.45, 7) is 0. The molecule has 5 rings (SSSR count). The Kier molecular flexibility index (Phi) is 6.48. The first kappa shape index (κ1) is 24.2. The van der Waals surface area contributed by atoms with Gasteiger partial charge >= 0.3 is 12.0 Å². The van der Waals surface area contributed by atoms with E-state index in [-0.39, 0.29) is 17.3 Å². The molecule has 0 spiro atoms. The summed E-state index contributed by atoms with van der Waals surface area (Å²) in [5, 5.41) is 14.0. The molecule has 188 valence electrons.